The van der Waals surface area contributed by atoms with E-state index in [2.05, 4.69) is 53.1 Å². The zero-order valence-electron chi connectivity index (χ0n) is 15.6. The monoisotopic (exact) mass is 617 g/mol. The van der Waals surface area contributed by atoms with E-state index in [0.717, 1.165) is 11.3 Å². The maximum atomic E-state index is 12.9. The van der Waals surface area contributed by atoms with Gasteiger partial charge in [0.1, 0.15) is 22.1 Å². The molecule has 1 heterocycles. The van der Waals surface area contributed by atoms with Gasteiger partial charge >= 0.3 is 5.97 Å². The van der Waals surface area contributed by atoms with Gasteiger partial charge in [-0.2, -0.15) is 0 Å². The summed E-state index contributed by atoms with van der Waals surface area (Å²) in [6, 6.07) is 8.65. The molecular weight excluding hydrogens is 606 g/mol. The molecule has 0 aliphatic heterocycles. The van der Waals surface area contributed by atoms with Gasteiger partial charge in [0, 0.05) is 15.4 Å². The second-order valence-electron chi connectivity index (χ2n) is 5.91. The van der Waals surface area contributed by atoms with Crippen LogP contribution in [0, 0.1) is 0 Å². The minimum atomic E-state index is -1.13. The first kappa shape index (κ1) is 22.8. The minimum absolute atomic E-state index is 0.0257. The summed E-state index contributed by atoms with van der Waals surface area (Å²) in [5, 5.41) is 14.4. The van der Waals surface area contributed by atoms with Crippen molar-refractivity contribution in [3.05, 3.63) is 60.3 Å². The van der Waals surface area contributed by atoms with Gasteiger partial charge in [-0.05, 0) is 71.6 Å². The predicted octanol–water partition coefficient (Wildman–Crippen LogP) is 6.67. The molecule has 0 fully saturated rings. The third kappa shape index (κ3) is 4.41. The lowest BCUT2D eigenvalue weighted by molar-refractivity contribution is 0.0699. The number of methoxy groups -OCH3 is 2. The van der Waals surface area contributed by atoms with E-state index in [-0.39, 0.29) is 16.1 Å². The lowest BCUT2D eigenvalue weighted by Gasteiger charge is -2.13. The van der Waals surface area contributed by atoms with Crippen LogP contribution < -0.4 is 14.8 Å². The fraction of sp³-hybridized carbons (Fsp3) is 0.100. The lowest BCUT2D eigenvalue weighted by Crippen LogP contribution is -2.14. The van der Waals surface area contributed by atoms with Gasteiger partial charge in [-0.25, -0.2) is 4.79 Å². The summed E-state index contributed by atoms with van der Waals surface area (Å²) >= 11 is 11.3. The number of benzene rings is 2. The number of ether oxygens (including phenoxy) is 2. The number of rotatable bonds is 6. The fourth-order valence-corrected chi connectivity index (χ4v) is 5.50. The molecule has 10 heteroatoms. The van der Waals surface area contributed by atoms with Gasteiger partial charge in [0.2, 0.25) is 0 Å². The fourth-order valence-electron chi connectivity index (χ4n) is 2.74. The topological polar surface area (TPSA) is 84.9 Å². The molecule has 1 aromatic heterocycles. The Kier molecular flexibility index (Phi) is 7.22. The molecular formula is C20H14Br3NO5S. The molecule has 2 N–H and O–H groups in total. The molecule has 6 nitrogen and oxygen atoms in total. The van der Waals surface area contributed by atoms with Crippen molar-refractivity contribution in [3.63, 3.8) is 0 Å². The molecule has 0 bridgehead atoms. The zero-order valence-corrected chi connectivity index (χ0v) is 21.2. The minimum Gasteiger partial charge on any atom is -0.497 e. The number of anilines is 1. The molecule has 1 amide bonds. The number of carbonyl (C=O) groups excluding carboxylic acids is 1. The van der Waals surface area contributed by atoms with Crippen molar-refractivity contribution in [1.82, 2.24) is 0 Å². The standard InChI is InChI=1S/C20H14Br3NO5S/c1-28-10-5-3-9(4-6-10)12-8-30-19(14(12)20(26)27)24-18(25)11-7-13(21)16(23)17(29-2)15(11)22/h3-8H,1-2H3,(H,24,25)(H,26,27). The molecule has 0 aliphatic carbocycles. The van der Waals surface area contributed by atoms with Crippen LogP contribution >= 0.6 is 59.1 Å². The van der Waals surface area contributed by atoms with Crippen LogP contribution in [0.15, 0.2) is 49.1 Å². The van der Waals surface area contributed by atoms with Crippen LogP contribution in [0.1, 0.15) is 20.7 Å². The maximum absolute atomic E-state index is 12.9. The predicted molar refractivity (Wildman–Crippen MR) is 127 cm³/mol. The average Bonchev–Trinajstić information content (AvgIpc) is 3.15. The Labute approximate surface area is 201 Å². The van der Waals surface area contributed by atoms with Gasteiger partial charge in [0.25, 0.3) is 5.91 Å². The summed E-state index contributed by atoms with van der Waals surface area (Å²) in [5.74, 6) is -0.498. The SMILES string of the molecule is COc1ccc(-c2csc(NC(=O)c3cc(Br)c(Br)c(OC)c3Br)c2C(=O)O)cc1. The van der Waals surface area contributed by atoms with Gasteiger partial charge in [-0.3, -0.25) is 4.79 Å². The Hall–Kier alpha value is -1.88. The second kappa shape index (κ2) is 9.51. The lowest BCUT2D eigenvalue weighted by atomic mass is 10.0. The smallest absolute Gasteiger partial charge is 0.339 e. The Balaban J connectivity index is 2.00. The molecule has 30 heavy (non-hydrogen) atoms. The van der Waals surface area contributed by atoms with Crippen molar-refractivity contribution < 1.29 is 24.2 Å². The van der Waals surface area contributed by atoms with Crippen LogP contribution in [0.3, 0.4) is 0 Å². The van der Waals surface area contributed by atoms with Crippen molar-refractivity contribution in [1.29, 1.82) is 0 Å². The molecule has 0 saturated carbocycles. The first-order chi connectivity index (χ1) is 14.3. The number of thiophene rings is 1. The van der Waals surface area contributed by atoms with Crippen molar-refractivity contribution >= 4 is 76.0 Å². The molecule has 156 valence electrons. The van der Waals surface area contributed by atoms with Crippen LogP contribution in [0.2, 0.25) is 0 Å². The zero-order chi connectivity index (χ0) is 22.0. The highest BCUT2D eigenvalue weighted by atomic mass is 79.9. The van der Waals surface area contributed by atoms with Gasteiger partial charge in [-0.15, -0.1) is 11.3 Å². The maximum Gasteiger partial charge on any atom is 0.339 e. The van der Waals surface area contributed by atoms with Crippen LogP contribution in [0.4, 0.5) is 5.00 Å². The third-order valence-electron chi connectivity index (χ3n) is 4.20. The number of hydrogen-bond acceptors (Lipinski definition) is 5. The average molecular weight is 620 g/mol. The summed E-state index contributed by atoms with van der Waals surface area (Å²) in [7, 11) is 3.05. The van der Waals surface area contributed by atoms with Gasteiger partial charge < -0.3 is 19.9 Å². The number of hydrogen-bond donors (Lipinski definition) is 2. The molecule has 0 spiro atoms. The Bertz CT molecular complexity index is 1130. The van der Waals surface area contributed by atoms with Crippen molar-refractivity contribution in [2.75, 3.05) is 19.5 Å². The number of carboxylic acid groups (broad SMARTS) is 1. The number of carbonyl (C=O) groups is 2. The van der Waals surface area contributed by atoms with Crippen LogP contribution in [-0.4, -0.2) is 31.2 Å². The number of aromatic carboxylic acids is 1. The van der Waals surface area contributed by atoms with Crippen LogP contribution in [0.5, 0.6) is 11.5 Å². The molecule has 3 rings (SSSR count). The largest absolute Gasteiger partial charge is 0.497 e. The van der Waals surface area contributed by atoms with Crippen molar-refractivity contribution in [3.8, 4) is 22.6 Å². The summed E-state index contributed by atoms with van der Waals surface area (Å²) in [4.78, 5) is 24.9. The Morgan fingerprint density at radius 1 is 1.03 bits per heavy atom. The number of halogens is 3. The molecule has 0 aliphatic rings. The van der Waals surface area contributed by atoms with Crippen molar-refractivity contribution in [2.45, 2.75) is 0 Å². The summed E-state index contributed by atoms with van der Waals surface area (Å²) in [5.41, 5.74) is 1.54. The number of nitrogens with one attached hydrogen (secondary N) is 1. The summed E-state index contributed by atoms with van der Waals surface area (Å²) in [6.07, 6.45) is 0. The normalized spacial score (nSPS) is 10.6. The quantitative estimate of drug-likeness (QED) is 0.301. The van der Waals surface area contributed by atoms with Gasteiger partial charge in [0.15, 0.2) is 0 Å². The van der Waals surface area contributed by atoms with Gasteiger partial charge in [0.05, 0.1) is 28.7 Å². The van der Waals surface area contributed by atoms with Crippen LogP contribution in [-0.2, 0) is 0 Å². The van der Waals surface area contributed by atoms with E-state index in [4.69, 9.17) is 9.47 Å². The number of carboxylic acids is 1. The van der Waals surface area contributed by atoms with Gasteiger partial charge in [-0.1, -0.05) is 12.1 Å². The first-order valence-corrected chi connectivity index (χ1v) is 11.6. The van der Waals surface area contributed by atoms with E-state index in [0.29, 0.717) is 36.0 Å². The van der Waals surface area contributed by atoms with Crippen molar-refractivity contribution in [2.24, 2.45) is 0 Å². The van der Waals surface area contributed by atoms with E-state index in [1.54, 1.807) is 42.8 Å². The summed E-state index contributed by atoms with van der Waals surface area (Å²) < 4.78 is 12.2. The molecule has 0 radical (unpaired) electrons. The third-order valence-corrected chi connectivity index (χ3v) is 7.83. The molecule has 0 saturated heterocycles. The van der Waals surface area contributed by atoms with E-state index in [1.807, 2.05) is 0 Å². The molecule has 0 unspecified atom stereocenters. The second-order valence-corrected chi connectivity index (χ2v) is 9.23. The highest BCUT2D eigenvalue weighted by Crippen LogP contribution is 2.42. The molecule has 0 atom stereocenters. The van der Waals surface area contributed by atoms with E-state index in [1.165, 1.54) is 7.11 Å². The van der Waals surface area contributed by atoms with E-state index < -0.39 is 11.9 Å². The number of amides is 1. The summed E-state index contributed by atoms with van der Waals surface area (Å²) in [6.45, 7) is 0. The highest BCUT2D eigenvalue weighted by Gasteiger charge is 2.24. The van der Waals surface area contributed by atoms with E-state index in [9.17, 15) is 14.7 Å². The Morgan fingerprint density at radius 2 is 1.70 bits per heavy atom. The molecule has 3 aromatic rings. The van der Waals surface area contributed by atoms with E-state index >= 15 is 0 Å². The highest BCUT2D eigenvalue weighted by molar-refractivity contribution is 9.13. The Morgan fingerprint density at radius 3 is 2.27 bits per heavy atom. The first-order valence-electron chi connectivity index (χ1n) is 8.30. The molecule has 2 aromatic carbocycles. The van der Waals surface area contributed by atoms with Crippen LogP contribution in [0.25, 0.3) is 11.1 Å².